The third-order valence-corrected chi connectivity index (χ3v) is 2.64. The molecule has 0 N–H and O–H groups in total. The van der Waals surface area contributed by atoms with E-state index in [0.717, 1.165) is 12.8 Å². The lowest BCUT2D eigenvalue weighted by atomic mass is 10.0. The SMILES string of the molecule is CC.CC(=O)C(CCc1ccccc1)N(C)C. The minimum atomic E-state index is 0.0465. The van der Waals surface area contributed by atoms with Gasteiger partial charge in [0.1, 0.15) is 5.78 Å². The number of likely N-dealkylation sites (N-methyl/N-ethyl adjacent to an activating group) is 1. The van der Waals surface area contributed by atoms with Crippen LogP contribution in [-0.4, -0.2) is 30.8 Å². The number of hydrogen-bond donors (Lipinski definition) is 0. The number of ketones is 1. The van der Waals surface area contributed by atoms with Gasteiger partial charge >= 0.3 is 0 Å². The summed E-state index contributed by atoms with van der Waals surface area (Å²) >= 11 is 0. The minimum absolute atomic E-state index is 0.0465. The summed E-state index contributed by atoms with van der Waals surface area (Å²) in [5.74, 6) is 0.246. The quantitative estimate of drug-likeness (QED) is 0.781. The number of Topliss-reactive ketones (excluding diaryl/α,β-unsaturated/α-hetero) is 1. The third kappa shape index (κ3) is 6.22. The summed E-state index contributed by atoms with van der Waals surface area (Å²) in [5.41, 5.74) is 1.30. The van der Waals surface area contributed by atoms with Gasteiger partial charge in [0.25, 0.3) is 0 Å². The number of carbonyl (C=O) groups excluding carboxylic acids is 1. The van der Waals surface area contributed by atoms with Crippen molar-refractivity contribution in [3.05, 3.63) is 35.9 Å². The topological polar surface area (TPSA) is 20.3 Å². The van der Waals surface area contributed by atoms with Gasteiger partial charge in [-0.1, -0.05) is 44.2 Å². The van der Waals surface area contributed by atoms with E-state index in [2.05, 4.69) is 12.1 Å². The first-order valence-electron chi connectivity index (χ1n) is 6.32. The summed E-state index contributed by atoms with van der Waals surface area (Å²) in [6.45, 7) is 5.66. The average molecular weight is 235 g/mol. The lowest BCUT2D eigenvalue weighted by Gasteiger charge is -2.21. The van der Waals surface area contributed by atoms with E-state index < -0.39 is 0 Å². The number of hydrogen-bond acceptors (Lipinski definition) is 2. The smallest absolute Gasteiger partial charge is 0.146 e. The molecule has 0 aliphatic rings. The van der Waals surface area contributed by atoms with Crippen LogP contribution in [0.2, 0.25) is 0 Å². The lowest BCUT2D eigenvalue weighted by molar-refractivity contribution is -0.121. The van der Waals surface area contributed by atoms with E-state index in [4.69, 9.17) is 0 Å². The molecule has 0 spiro atoms. The number of carbonyl (C=O) groups is 1. The summed E-state index contributed by atoms with van der Waals surface area (Å²) < 4.78 is 0. The normalized spacial score (nSPS) is 11.6. The zero-order valence-electron chi connectivity index (χ0n) is 11.7. The van der Waals surface area contributed by atoms with Crippen LogP contribution in [0.25, 0.3) is 0 Å². The average Bonchev–Trinajstić information content (AvgIpc) is 2.32. The maximum Gasteiger partial charge on any atom is 0.146 e. The van der Waals surface area contributed by atoms with E-state index in [-0.39, 0.29) is 11.8 Å². The van der Waals surface area contributed by atoms with Crippen molar-refractivity contribution in [1.29, 1.82) is 0 Å². The molecular weight excluding hydrogens is 210 g/mol. The molecule has 0 bridgehead atoms. The van der Waals surface area contributed by atoms with Crippen molar-refractivity contribution in [2.24, 2.45) is 0 Å². The van der Waals surface area contributed by atoms with Crippen LogP contribution in [0.5, 0.6) is 0 Å². The van der Waals surface area contributed by atoms with Gasteiger partial charge in [0.2, 0.25) is 0 Å². The van der Waals surface area contributed by atoms with E-state index in [1.807, 2.05) is 51.0 Å². The van der Waals surface area contributed by atoms with Crippen molar-refractivity contribution in [2.75, 3.05) is 14.1 Å². The second-order valence-electron chi connectivity index (χ2n) is 4.11. The molecule has 1 rings (SSSR count). The highest BCUT2D eigenvalue weighted by atomic mass is 16.1. The molecule has 0 aromatic heterocycles. The van der Waals surface area contributed by atoms with E-state index in [1.54, 1.807) is 6.92 Å². The second kappa shape index (κ2) is 8.94. The number of rotatable bonds is 5. The Balaban J connectivity index is 0.00000121. The van der Waals surface area contributed by atoms with E-state index in [1.165, 1.54) is 5.56 Å². The van der Waals surface area contributed by atoms with Gasteiger partial charge < -0.3 is 0 Å². The second-order valence-corrected chi connectivity index (χ2v) is 4.11. The van der Waals surface area contributed by atoms with Gasteiger partial charge in [-0.25, -0.2) is 0 Å². The van der Waals surface area contributed by atoms with E-state index in [9.17, 15) is 4.79 Å². The summed E-state index contributed by atoms with van der Waals surface area (Å²) in [5, 5.41) is 0. The minimum Gasteiger partial charge on any atom is -0.300 e. The van der Waals surface area contributed by atoms with Crippen molar-refractivity contribution >= 4 is 5.78 Å². The van der Waals surface area contributed by atoms with Crippen LogP contribution in [0, 0.1) is 0 Å². The fourth-order valence-electron chi connectivity index (χ4n) is 1.77. The molecule has 17 heavy (non-hydrogen) atoms. The van der Waals surface area contributed by atoms with Crippen LogP contribution in [0.1, 0.15) is 32.8 Å². The van der Waals surface area contributed by atoms with Crippen LogP contribution in [-0.2, 0) is 11.2 Å². The van der Waals surface area contributed by atoms with Crippen LogP contribution in [0.3, 0.4) is 0 Å². The summed E-state index contributed by atoms with van der Waals surface area (Å²) in [6, 6.07) is 10.3. The Bertz CT molecular complexity index is 306. The van der Waals surface area contributed by atoms with Gasteiger partial charge in [-0.3, -0.25) is 9.69 Å². The van der Waals surface area contributed by atoms with E-state index in [0.29, 0.717) is 0 Å². The Hall–Kier alpha value is -1.15. The Morgan fingerprint density at radius 1 is 1.18 bits per heavy atom. The van der Waals surface area contributed by atoms with Crippen molar-refractivity contribution in [3.63, 3.8) is 0 Å². The standard InChI is InChI=1S/C13H19NO.C2H6/c1-11(15)13(14(2)3)10-9-12-7-5-4-6-8-12;1-2/h4-8,13H,9-10H2,1-3H3;1-2H3. The summed E-state index contributed by atoms with van der Waals surface area (Å²) in [4.78, 5) is 13.4. The van der Waals surface area contributed by atoms with Crippen molar-refractivity contribution < 1.29 is 4.79 Å². The Morgan fingerprint density at radius 2 is 1.71 bits per heavy atom. The maximum atomic E-state index is 11.4. The number of aryl methyl sites for hydroxylation is 1. The third-order valence-electron chi connectivity index (χ3n) is 2.64. The predicted octanol–water partition coefficient (Wildman–Crippen LogP) is 3.16. The molecule has 0 aliphatic heterocycles. The highest BCUT2D eigenvalue weighted by molar-refractivity contribution is 5.81. The van der Waals surface area contributed by atoms with Gasteiger partial charge in [0.05, 0.1) is 6.04 Å². The van der Waals surface area contributed by atoms with Gasteiger partial charge in [-0.15, -0.1) is 0 Å². The predicted molar refractivity (Wildman–Crippen MR) is 74.3 cm³/mol. The van der Waals surface area contributed by atoms with Crippen LogP contribution < -0.4 is 0 Å². The first-order valence-corrected chi connectivity index (χ1v) is 6.32. The highest BCUT2D eigenvalue weighted by Crippen LogP contribution is 2.08. The van der Waals surface area contributed by atoms with Crippen molar-refractivity contribution in [1.82, 2.24) is 4.90 Å². The first kappa shape index (κ1) is 15.9. The molecule has 1 aromatic carbocycles. The Kier molecular flexibility index (Phi) is 8.34. The zero-order chi connectivity index (χ0) is 13.3. The fourth-order valence-corrected chi connectivity index (χ4v) is 1.77. The van der Waals surface area contributed by atoms with Crippen molar-refractivity contribution in [2.45, 2.75) is 39.7 Å². The van der Waals surface area contributed by atoms with E-state index >= 15 is 0 Å². The summed E-state index contributed by atoms with van der Waals surface area (Å²) in [6.07, 6.45) is 1.86. The first-order chi connectivity index (χ1) is 8.11. The number of benzene rings is 1. The molecule has 1 atom stereocenters. The molecule has 2 nitrogen and oxygen atoms in total. The Morgan fingerprint density at radius 3 is 2.12 bits per heavy atom. The van der Waals surface area contributed by atoms with Crippen LogP contribution >= 0.6 is 0 Å². The monoisotopic (exact) mass is 235 g/mol. The van der Waals surface area contributed by atoms with Crippen LogP contribution in [0.15, 0.2) is 30.3 Å². The lowest BCUT2D eigenvalue weighted by Crippen LogP contribution is -2.34. The highest BCUT2D eigenvalue weighted by Gasteiger charge is 2.15. The molecule has 0 radical (unpaired) electrons. The summed E-state index contributed by atoms with van der Waals surface area (Å²) in [7, 11) is 3.91. The molecule has 1 aromatic rings. The van der Waals surface area contributed by atoms with Gasteiger partial charge in [-0.2, -0.15) is 0 Å². The van der Waals surface area contributed by atoms with Crippen molar-refractivity contribution in [3.8, 4) is 0 Å². The molecule has 1 unspecified atom stereocenters. The molecule has 0 amide bonds. The molecule has 0 aliphatic carbocycles. The number of nitrogens with zero attached hydrogens (tertiary/aromatic N) is 1. The molecule has 2 heteroatoms. The fraction of sp³-hybridized carbons (Fsp3) is 0.533. The maximum absolute atomic E-state index is 11.4. The molecule has 0 fully saturated rings. The molecule has 0 saturated carbocycles. The molecule has 96 valence electrons. The van der Waals surface area contributed by atoms with Gasteiger partial charge in [0.15, 0.2) is 0 Å². The molecule has 0 saturated heterocycles. The van der Waals surface area contributed by atoms with Gasteiger partial charge in [-0.05, 0) is 39.4 Å². The Labute approximate surface area is 106 Å². The van der Waals surface area contributed by atoms with Gasteiger partial charge in [0, 0.05) is 0 Å². The zero-order valence-corrected chi connectivity index (χ0v) is 11.7. The molecular formula is C15H25NO. The molecule has 0 heterocycles. The van der Waals surface area contributed by atoms with Crippen LogP contribution in [0.4, 0.5) is 0 Å². The largest absolute Gasteiger partial charge is 0.300 e.